The molecule has 98 valence electrons. The molecule has 0 unspecified atom stereocenters. The number of carboxylic acid groups (broad SMARTS) is 1. The fourth-order valence-electron chi connectivity index (χ4n) is 1.69. The van der Waals surface area contributed by atoms with E-state index in [4.69, 9.17) is 9.90 Å². The molecule has 0 atom stereocenters. The number of hydrogen-bond donors (Lipinski definition) is 1. The average molecular weight is 239 g/mol. The van der Waals surface area contributed by atoms with Crippen molar-refractivity contribution >= 4 is 5.97 Å². The summed E-state index contributed by atoms with van der Waals surface area (Å²) in [5, 5.41) is 8.89. The van der Waals surface area contributed by atoms with Gasteiger partial charge in [0.1, 0.15) is 0 Å². The van der Waals surface area contributed by atoms with Crippen molar-refractivity contribution in [2.24, 2.45) is 0 Å². The highest BCUT2D eigenvalue weighted by molar-refractivity contribution is 5.60. The smallest absolute Gasteiger partial charge is 0.0990 e. The molecule has 1 heterocycles. The van der Waals surface area contributed by atoms with Gasteiger partial charge in [-0.1, -0.05) is 32.6 Å². The molecule has 1 N–H and O–H groups in total. The van der Waals surface area contributed by atoms with Gasteiger partial charge in [-0.15, -0.1) is 0 Å². The van der Waals surface area contributed by atoms with Crippen LogP contribution in [0.5, 0.6) is 0 Å². The zero-order valence-corrected chi connectivity index (χ0v) is 11.1. The van der Waals surface area contributed by atoms with Gasteiger partial charge in [0, 0.05) is 5.97 Å². The van der Waals surface area contributed by atoms with Gasteiger partial charge in [0.15, 0.2) is 0 Å². The molecule has 0 amide bonds. The summed E-state index contributed by atoms with van der Waals surface area (Å²) in [6.07, 6.45) is 17.1. The van der Waals surface area contributed by atoms with Crippen molar-refractivity contribution in [1.29, 1.82) is 0 Å². The van der Waals surface area contributed by atoms with Crippen LogP contribution >= 0.6 is 0 Å². The number of hydrogen-bond acceptors (Lipinski definition) is 2. The van der Waals surface area contributed by atoms with Crippen molar-refractivity contribution in [3.05, 3.63) is 24.6 Å². The number of allylic oxidation sites excluding steroid dienone is 2. The topological polar surface area (TPSA) is 44.6 Å². The van der Waals surface area contributed by atoms with Gasteiger partial charge >= 0.3 is 0 Å². The van der Waals surface area contributed by atoms with Gasteiger partial charge in [-0.25, -0.2) is 0 Å². The molecular formula is C14H25NO2. The first-order valence-electron chi connectivity index (χ1n) is 6.55. The Balaban J connectivity index is 0.000000557. The number of quaternary nitrogens is 1. The fraction of sp³-hybridized carbons (Fsp3) is 0.643. The first-order chi connectivity index (χ1) is 8.16. The van der Waals surface area contributed by atoms with Crippen LogP contribution in [-0.2, 0) is 4.79 Å². The molecule has 1 aliphatic rings. The minimum atomic E-state index is -1.08. The van der Waals surface area contributed by atoms with Gasteiger partial charge in [-0.05, 0) is 31.9 Å². The van der Waals surface area contributed by atoms with Crippen molar-refractivity contribution in [1.82, 2.24) is 0 Å². The lowest BCUT2D eigenvalue weighted by atomic mass is 10.1. The third-order valence-electron chi connectivity index (χ3n) is 2.55. The Morgan fingerprint density at radius 2 is 1.53 bits per heavy atom. The molecule has 0 spiro atoms. The van der Waals surface area contributed by atoms with Crippen molar-refractivity contribution < 1.29 is 14.8 Å². The second-order valence-corrected chi connectivity index (χ2v) is 4.30. The van der Waals surface area contributed by atoms with Gasteiger partial charge in [0.2, 0.25) is 0 Å². The summed E-state index contributed by atoms with van der Waals surface area (Å²) in [7, 11) is 0. The molecule has 0 aliphatic carbocycles. The Morgan fingerprint density at radius 1 is 1.06 bits per heavy atom. The lowest BCUT2D eigenvalue weighted by Crippen LogP contribution is -3.01. The van der Waals surface area contributed by atoms with E-state index in [-0.39, 0.29) is 0 Å². The normalized spacial score (nSPS) is 13.5. The quantitative estimate of drug-likeness (QED) is 0.674. The molecule has 1 rings (SSSR count). The van der Waals surface area contributed by atoms with Crippen LogP contribution in [0.25, 0.3) is 0 Å². The highest BCUT2D eigenvalue weighted by Crippen LogP contribution is 2.03. The number of carboxylic acids is 1. The highest BCUT2D eigenvalue weighted by Gasteiger charge is 2.02. The molecule has 0 saturated carbocycles. The molecule has 0 radical (unpaired) electrons. The first kappa shape index (κ1) is 15.9. The van der Waals surface area contributed by atoms with Crippen molar-refractivity contribution in [3.63, 3.8) is 0 Å². The lowest BCUT2D eigenvalue weighted by Gasteiger charge is -2.05. The van der Waals surface area contributed by atoms with Crippen LogP contribution in [-0.4, -0.2) is 12.5 Å². The Bertz CT molecular complexity index is 231. The largest absolute Gasteiger partial charge is 0.550 e. The minimum absolute atomic E-state index is 0.972. The summed E-state index contributed by atoms with van der Waals surface area (Å²) in [6, 6.07) is 0. The third kappa shape index (κ3) is 12.8. The molecule has 3 nitrogen and oxygen atoms in total. The molecular weight excluding hydrogens is 214 g/mol. The van der Waals surface area contributed by atoms with Crippen LogP contribution in [0.3, 0.4) is 0 Å². The molecule has 0 aromatic rings. The second kappa shape index (κ2) is 11.4. The van der Waals surface area contributed by atoms with Crippen LogP contribution in [0.4, 0.5) is 0 Å². The maximum Gasteiger partial charge on any atom is 0.0990 e. The summed E-state index contributed by atoms with van der Waals surface area (Å²) < 4.78 is 0. The fourth-order valence-corrected chi connectivity index (χ4v) is 1.69. The number of aliphatic carboxylic acids is 1. The monoisotopic (exact) mass is 239 g/mol. The average Bonchev–Trinajstić information content (AvgIpc) is 2.75. The number of unbranched alkanes of at least 4 members (excludes halogenated alkanes) is 5. The van der Waals surface area contributed by atoms with Crippen LogP contribution < -0.4 is 10.0 Å². The molecule has 0 saturated heterocycles. The Labute approximate surface area is 105 Å². The first-order valence-corrected chi connectivity index (χ1v) is 6.55. The predicted molar refractivity (Wildman–Crippen MR) is 68.2 cm³/mol. The van der Waals surface area contributed by atoms with Crippen LogP contribution in [0, 0.1) is 0 Å². The second-order valence-electron chi connectivity index (χ2n) is 4.30. The lowest BCUT2D eigenvalue weighted by molar-refractivity contribution is -0.787. The number of carbonyl (C=O) groups is 1. The van der Waals surface area contributed by atoms with Crippen LogP contribution in [0.2, 0.25) is 0 Å². The minimum Gasteiger partial charge on any atom is -0.550 e. The van der Waals surface area contributed by atoms with E-state index >= 15 is 0 Å². The summed E-state index contributed by atoms with van der Waals surface area (Å²) >= 11 is 0. The van der Waals surface area contributed by atoms with Crippen LogP contribution in [0.15, 0.2) is 24.6 Å². The van der Waals surface area contributed by atoms with E-state index in [1.165, 1.54) is 50.0 Å². The van der Waals surface area contributed by atoms with E-state index < -0.39 is 5.97 Å². The van der Waals surface area contributed by atoms with E-state index in [1.807, 2.05) is 0 Å². The van der Waals surface area contributed by atoms with Gasteiger partial charge in [-0.3, -0.25) is 4.90 Å². The van der Waals surface area contributed by atoms with Crippen molar-refractivity contribution in [2.75, 3.05) is 6.54 Å². The summed E-state index contributed by atoms with van der Waals surface area (Å²) in [5.41, 5.74) is 0. The van der Waals surface area contributed by atoms with E-state index in [0.29, 0.717) is 0 Å². The predicted octanol–water partition coefficient (Wildman–Crippen LogP) is 1.03. The zero-order valence-electron chi connectivity index (χ0n) is 11.1. The maximum atomic E-state index is 8.89. The summed E-state index contributed by atoms with van der Waals surface area (Å²) in [5.74, 6) is -1.08. The molecule has 1 aliphatic heterocycles. The van der Waals surface area contributed by atoms with E-state index in [0.717, 1.165) is 6.92 Å². The highest BCUT2D eigenvalue weighted by atomic mass is 16.4. The molecule has 17 heavy (non-hydrogen) atoms. The van der Waals surface area contributed by atoms with Gasteiger partial charge < -0.3 is 9.90 Å². The van der Waals surface area contributed by atoms with Gasteiger partial charge in [0.25, 0.3) is 0 Å². The zero-order chi connectivity index (χ0) is 12.9. The Hall–Kier alpha value is -1.09. The van der Waals surface area contributed by atoms with Crippen molar-refractivity contribution in [2.45, 2.75) is 52.4 Å². The molecule has 0 aromatic heterocycles. The van der Waals surface area contributed by atoms with Gasteiger partial charge in [0.05, 0.1) is 18.9 Å². The summed E-state index contributed by atoms with van der Waals surface area (Å²) in [6.45, 7) is 4.52. The molecule has 3 heteroatoms. The van der Waals surface area contributed by atoms with E-state index in [9.17, 15) is 0 Å². The molecule has 0 bridgehead atoms. The van der Waals surface area contributed by atoms with Crippen molar-refractivity contribution in [3.8, 4) is 0 Å². The molecule has 0 fully saturated rings. The van der Waals surface area contributed by atoms with Crippen LogP contribution in [0.1, 0.15) is 52.4 Å². The van der Waals surface area contributed by atoms with E-state index in [1.54, 1.807) is 0 Å². The Morgan fingerprint density at radius 3 is 2.06 bits per heavy atom. The molecule has 0 aromatic carbocycles. The van der Waals surface area contributed by atoms with E-state index in [2.05, 4.69) is 31.5 Å². The number of nitrogens with one attached hydrogen (secondary N) is 1. The number of carbonyl (C=O) groups excluding carboxylic acids is 1. The SMILES string of the molecule is CC(=O)[O-].CCCCCCCC[NH+]1C=CC=C1. The standard InChI is InChI=1S/C12H21N.C2H4O2/c1-2-3-4-5-6-7-10-13-11-8-9-12-13;1-2(3)4/h8-9,11-12H,2-7,10H2,1H3;1H3,(H,3,4). The maximum absolute atomic E-state index is 8.89. The Kier molecular flexibility index (Phi) is 10.7. The third-order valence-corrected chi connectivity index (χ3v) is 2.55. The summed E-state index contributed by atoms with van der Waals surface area (Å²) in [4.78, 5) is 10.4. The van der Waals surface area contributed by atoms with Gasteiger partial charge in [-0.2, -0.15) is 0 Å². The number of rotatable bonds is 7.